The van der Waals surface area contributed by atoms with Gasteiger partial charge in [-0.1, -0.05) is 72.8 Å². The Hall–Kier alpha value is -2.87. The first-order valence-corrected chi connectivity index (χ1v) is 8.69. The molecule has 2 rings (SSSR count). The Bertz CT molecular complexity index is 738. The molecule has 0 amide bonds. The summed E-state index contributed by atoms with van der Waals surface area (Å²) >= 11 is 0. The van der Waals surface area contributed by atoms with Gasteiger partial charge in [0, 0.05) is 24.9 Å². The van der Waals surface area contributed by atoms with Crippen LogP contribution in [0.5, 0.6) is 0 Å². The lowest BCUT2D eigenvalue weighted by Gasteiger charge is -2.22. The van der Waals surface area contributed by atoms with Gasteiger partial charge in [0.15, 0.2) is 5.78 Å². The van der Waals surface area contributed by atoms with E-state index >= 15 is 0 Å². The van der Waals surface area contributed by atoms with Crippen molar-refractivity contribution >= 4 is 17.9 Å². The van der Waals surface area contributed by atoms with E-state index < -0.39 is 0 Å². The van der Waals surface area contributed by atoms with Crippen molar-refractivity contribution in [3.63, 3.8) is 0 Å². The third kappa shape index (κ3) is 6.27. The molecule has 0 N–H and O–H groups in total. The Labute approximate surface area is 150 Å². The first kappa shape index (κ1) is 18.5. The van der Waals surface area contributed by atoms with Crippen molar-refractivity contribution in [3.8, 4) is 0 Å². The van der Waals surface area contributed by atoms with Crippen LogP contribution < -0.4 is 0 Å². The number of hydrogen-bond acceptors (Lipinski definition) is 2. The van der Waals surface area contributed by atoms with Gasteiger partial charge in [-0.05, 0) is 37.1 Å². The minimum atomic E-state index is -0.0107. The van der Waals surface area contributed by atoms with Crippen LogP contribution in [-0.4, -0.2) is 23.8 Å². The highest BCUT2D eigenvalue weighted by molar-refractivity contribution is 6.02. The molecule has 0 atom stereocenters. The van der Waals surface area contributed by atoms with Crippen LogP contribution in [0.1, 0.15) is 25.0 Å². The van der Waals surface area contributed by atoms with Crippen molar-refractivity contribution in [2.24, 2.45) is 0 Å². The Morgan fingerprint density at radius 3 is 1.76 bits per heavy atom. The third-order valence-corrected chi connectivity index (χ3v) is 3.90. The first-order chi connectivity index (χ1) is 12.2. The summed E-state index contributed by atoms with van der Waals surface area (Å²) in [6.07, 6.45) is 9.22. The molecule has 0 aromatic heterocycles. The van der Waals surface area contributed by atoms with Crippen molar-refractivity contribution in [1.29, 1.82) is 0 Å². The van der Waals surface area contributed by atoms with Gasteiger partial charge in [-0.15, -0.1) is 0 Å². The van der Waals surface area contributed by atoms with Crippen molar-refractivity contribution in [1.82, 2.24) is 4.90 Å². The summed E-state index contributed by atoms with van der Waals surface area (Å²) in [4.78, 5) is 14.5. The first-order valence-electron chi connectivity index (χ1n) is 8.69. The van der Waals surface area contributed by atoms with Crippen molar-refractivity contribution in [3.05, 3.63) is 95.7 Å². The van der Waals surface area contributed by atoms with Crippen LogP contribution >= 0.6 is 0 Å². The predicted octanol–water partition coefficient (Wildman–Crippen LogP) is 5.21. The zero-order valence-electron chi connectivity index (χ0n) is 14.9. The van der Waals surface area contributed by atoms with E-state index in [4.69, 9.17) is 0 Å². The minimum absolute atomic E-state index is 0.0107. The van der Waals surface area contributed by atoms with Gasteiger partial charge in [0.2, 0.25) is 0 Å². The number of rotatable bonds is 8. The second-order valence-corrected chi connectivity index (χ2v) is 5.63. The second kappa shape index (κ2) is 10.1. The maximum Gasteiger partial charge on any atom is 0.180 e. The highest BCUT2D eigenvalue weighted by Gasteiger charge is 2.04. The molecule has 0 saturated heterocycles. The van der Waals surface area contributed by atoms with Crippen molar-refractivity contribution < 1.29 is 4.79 Å². The van der Waals surface area contributed by atoms with Crippen LogP contribution in [0.15, 0.2) is 84.6 Å². The molecule has 2 nitrogen and oxygen atoms in total. The standard InChI is InChI=1S/C23H25NO/c1-3-24(4-2)22(17-15-20-11-7-5-8-12-20)19-23(25)18-16-21-13-9-6-10-14-21/h5-19H,3-4H2,1-2H3/b17-15+,18-16+,22-19-. The number of allylic oxidation sites excluding steroid dienone is 3. The number of hydrogen-bond donors (Lipinski definition) is 0. The van der Waals surface area contributed by atoms with Gasteiger partial charge in [0.05, 0.1) is 0 Å². The highest BCUT2D eigenvalue weighted by Crippen LogP contribution is 2.11. The molecule has 0 fully saturated rings. The minimum Gasteiger partial charge on any atom is -0.372 e. The normalized spacial score (nSPS) is 12.0. The van der Waals surface area contributed by atoms with Gasteiger partial charge < -0.3 is 4.90 Å². The van der Waals surface area contributed by atoms with E-state index in [0.29, 0.717) is 0 Å². The number of carbonyl (C=O) groups is 1. The van der Waals surface area contributed by atoms with Gasteiger partial charge in [-0.25, -0.2) is 0 Å². The third-order valence-electron chi connectivity index (χ3n) is 3.90. The summed E-state index contributed by atoms with van der Waals surface area (Å²) in [7, 11) is 0. The summed E-state index contributed by atoms with van der Waals surface area (Å²) in [6.45, 7) is 5.91. The zero-order chi connectivity index (χ0) is 17.9. The molecule has 0 heterocycles. The quantitative estimate of drug-likeness (QED) is 0.489. The lowest BCUT2D eigenvalue weighted by molar-refractivity contribution is -0.110. The van der Waals surface area contributed by atoms with Crippen LogP contribution in [0.25, 0.3) is 12.2 Å². The van der Waals surface area contributed by atoms with E-state index in [-0.39, 0.29) is 5.78 Å². The highest BCUT2D eigenvalue weighted by atomic mass is 16.1. The largest absolute Gasteiger partial charge is 0.372 e. The predicted molar refractivity (Wildman–Crippen MR) is 107 cm³/mol. The molecule has 0 radical (unpaired) electrons. The Balaban J connectivity index is 2.19. The van der Waals surface area contributed by atoms with E-state index in [1.54, 1.807) is 12.2 Å². The fourth-order valence-electron chi connectivity index (χ4n) is 2.52. The molecule has 2 aromatic carbocycles. The molecular formula is C23H25NO. The van der Waals surface area contributed by atoms with Crippen LogP contribution in [0.2, 0.25) is 0 Å². The van der Waals surface area contributed by atoms with Gasteiger partial charge in [-0.3, -0.25) is 4.79 Å². The van der Waals surface area contributed by atoms with E-state index in [0.717, 1.165) is 29.9 Å². The number of benzene rings is 2. The van der Waals surface area contributed by atoms with Gasteiger partial charge in [0.1, 0.15) is 0 Å². The number of likely N-dealkylation sites (N-methyl/N-ethyl adjacent to an activating group) is 1. The Kier molecular flexibility index (Phi) is 7.45. The molecule has 2 aromatic rings. The van der Waals surface area contributed by atoms with E-state index in [2.05, 4.69) is 18.7 Å². The summed E-state index contributed by atoms with van der Waals surface area (Å²) in [5, 5.41) is 0. The topological polar surface area (TPSA) is 20.3 Å². The number of nitrogens with zero attached hydrogens (tertiary/aromatic N) is 1. The van der Waals surface area contributed by atoms with E-state index in [1.165, 1.54) is 0 Å². The molecule has 0 bridgehead atoms. The maximum absolute atomic E-state index is 12.4. The molecular weight excluding hydrogens is 306 g/mol. The van der Waals surface area contributed by atoms with Crippen LogP contribution in [0.4, 0.5) is 0 Å². The summed E-state index contributed by atoms with van der Waals surface area (Å²) in [5.74, 6) is -0.0107. The van der Waals surface area contributed by atoms with E-state index in [1.807, 2.05) is 78.9 Å². The Morgan fingerprint density at radius 1 is 0.800 bits per heavy atom. The number of carbonyl (C=O) groups excluding carboxylic acids is 1. The van der Waals surface area contributed by atoms with Crippen LogP contribution in [0.3, 0.4) is 0 Å². The second-order valence-electron chi connectivity index (χ2n) is 5.63. The van der Waals surface area contributed by atoms with Crippen molar-refractivity contribution in [2.75, 3.05) is 13.1 Å². The van der Waals surface area contributed by atoms with Crippen LogP contribution in [-0.2, 0) is 4.79 Å². The molecule has 2 heteroatoms. The monoisotopic (exact) mass is 331 g/mol. The van der Waals surface area contributed by atoms with E-state index in [9.17, 15) is 4.79 Å². The maximum atomic E-state index is 12.4. The zero-order valence-corrected chi connectivity index (χ0v) is 14.9. The average Bonchev–Trinajstić information content (AvgIpc) is 2.67. The molecule has 128 valence electrons. The fourth-order valence-corrected chi connectivity index (χ4v) is 2.52. The molecule has 0 aliphatic carbocycles. The summed E-state index contributed by atoms with van der Waals surface area (Å²) in [5.41, 5.74) is 3.07. The molecule has 0 unspecified atom stereocenters. The lowest BCUT2D eigenvalue weighted by Crippen LogP contribution is -2.21. The van der Waals surface area contributed by atoms with Gasteiger partial charge in [0.25, 0.3) is 0 Å². The lowest BCUT2D eigenvalue weighted by atomic mass is 10.1. The summed E-state index contributed by atoms with van der Waals surface area (Å²) in [6, 6.07) is 20.0. The molecule has 0 aliphatic rings. The molecule has 0 aliphatic heterocycles. The molecule has 25 heavy (non-hydrogen) atoms. The Morgan fingerprint density at radius 2 is 1.28 bits per heavy atom. The van der Waals surface area contributed by atoms with Crippen LogP contribution in [0, 0.1) is 0 Å². The molecule has 0 saturated carbocycles. The number of ketones is 1. The van der Waals surface area contributed by atoms with Gasteiger partial charge in [-0.2, -0.15) is 0 Å². The van der Waals surface area contributed by atoms with Gasteiger partial charge >= 0.3 is 0 Å². The molecule has 0 spiro atoms. The SMILES string of the molecule is CCN(CC)C(=C\C(=O)/C=C/c1ccccc1)/C=C/c1ccccc1. The average molecular weight is 331 g/mol. The van der Waals surface area contributed by atoms with Crippen molar-refractivity contribution in [2.45, 2.75) is 13.8 Å². The fraction of sp³-hybridized carbons (Fsp3) is 0.174. The smallest absolute Gasteiger partial charge is 0.180 e. The summed E-state index contributed by atoms with van der Waals surface area (Å²) < 4.78 is 0.